The summed E-state index contributed by atoms with van der Waals surface area (Å²) in [5.41, 5.74) is -0.544. The van der Waals surface area contributed by atoms with Crippen LogP contribution in [0.2, 0.25) is 0 Å². The molecule has 98 valence electrons. The topological polar surface area (TPSA) is 82.3 Å². The Morgan fingerprint density at radius 1 is 1.59 bits per heavy atom. The number of thioether (sulfide) groups is 1. The molecular weight excluding hydrogens is 240 g/mol. The second-order valence-electron chi connectivity index (χ2n) is 4.51. The van der Waals surface area contributed by atoms with Crippen LogP contribution in [0, 0.1) is 11.3 Å². The van der Waals surface area contributed by atoms with E-state index >= 15 is 0 Å². The van der Waals surface area contributed by atoms with Crippen LogP contribution in [0.3, 0.4) is 0 Å². The summed E-state index contributed by atoms with van der Waals surface area (Å²) >= 11 is 1.52. The normalized spacial score (nSPS) is 12.6. The summed E-state index contributed by atoms with van der Waals surface area (Å²) in [5.74, 6) is 1.26. The van der Waals surface area contributed by atoms with Gasteiger partial charge in [-0.05, 0) is 20.8 Å². The van der Waals surface area contributed by atoms with Gasteiger partial charge in [0.1, 0.15) is 5.60 Å². The van der Waals surface area contributed by atoms with Crippen LogP contribution in [0.4, 0.5) is 4.79 Å². The molecule has 1 atom stereocenters. The highest BCUT2D eigenvalue weighted by atomic mass is 32.2. The molecule has 0 aromatic heterocycles. The fourth-order valence-electron chi connectivity index (χ4n) is 0.958. The molecule has 0 aliphatic rings. The van der Waals surface area contributed by atoms with Gasteiger partial charge < -0.3 is 15.2 Å². The number of hydrogen-bond acceptors (Lipinski definition) is 5. The predicted octanol–water partition coefficient (Wildman–Crippen LogP) is 1.52. The molecule has 2 N–H and O–H groups in total. The number of alkyl carbamates (subject to hydrolysis) is 1. The first-order valence-corrected chi connectivity index (χ1v) is 6.59. The molecule has 0 unspecified atom stereocenters. The number of carbonyl (C=O) groups excluding carboxylic acids is 1. The monoisotopic (exact) mass is 260 g/mol. The molecular formula is C11H20N2O3S. The number of hydrogen-bond donors (Lipinski definition) is 2. The zero-order chi connectivity index (χ0) is 13.3. The average molecular weight is 260 g/mol. The summed E-state index contributed by atoms with van der Waals surface area (Å²) < 4.78 is 5.07. The minimum atomic E-state index is -0.544. The van der Waals surface area contributed by atoms with Crippen LogP contribution >= 0.6 is 11.8 Å². The second kappa shape index (κ2) is 8.20. The Morgan fingerprint density at radius 3 is 2.71 bits per heavy atom. The molecule has 0 aromatic carbocycles. The van der Waals surface area contributed by atoms with Crippen molar-refractivity contribution in [1.29, 1.82) is 5.26 Å². The second-order valence-corrected chi connectivity index (χ2v) is 5.66. The summed E-state index contributed by atoms with van der Waals surface area (Å²) in [4.78, 5) is 11.4. The van der Waals surface area contributed by atoms with Crippen LogP contribution < -0.4 is 5.32 Å². The predicted molar refractivity (Wildman–Crippen MR) is 67.8 cm³/mol. The lowest BCUT2D eigenvalue weighted by molar-refractivity contribution is 0.0491. The van der Waals surface area contributed by atoms with Gasteiger partial charge in [0, 0.05) is 17.9 Å². The molecule has 0 radical (unpaired) electrons. The fraction of sp³-hybridized carbons (Fsp3) is 0.818. The van der Waals surface area contributed by atoms with Crippen molar-refractivity contribution in [1.82, 2.24) is 5.32 Å². The molecule has 0 saturated heterocycles. The molecule has 0 saturated carbocycles. The lowest BCUT2D eigenvalue weighted by atomic mass is 10.2. The quantitative estimate of drug-likeness (QED) is 0.707. The number of nitrogens with zero attached hydrogens (tertiary/aromatic N) is 1. The molecule has 0 heterocycles. The number of carbonyl (C=O) groups is 1. The zero-order valence-corrected chi connectivity index (χ0v) is 11.3. The van der Waals surface area contributed by atoms with Gasteiger partial charge in [-0.2, -0.15) is 17.0 Å². The maximum Gasteiger partial charge on any atom is 0.407 e. The first kappa shape index (κ1) is 16.1. The van der Waals surface area contributed by atoms with E-state index < -0.39 is 11.7 Å². The molecule has 0 spiro atoms. The van der Waals surface area contributed by atoms with Gasteiger partial charge in [0.25, 0.3) is 0 Å². The maximum absolute atomic E-state index is 11.4. The number of rotatable bonds is 6. The molecule has 0 bridgehead atoms. The molecule has 5 nitrogen and oxygen atoms in total. The Kier molecular flexibility index (Phi) is 7.75. The minimum Gasteiger partial charge on any atom is -0.444 e. The Hall–Kier alpha value is -0.930. The van der Waals surface area contributed by atoms with Gasteiger partial charge in [-0.3, -0.25) is 0 Å². The highest BCUT2D eigenvalue weighted by molar-refractivity contribution is 7.99. The summed E-state index contributed by atoms with van der Waals surface area (Å²) in [6.07, 6.45) is -0.0626. The lowest BCUT2D eigenvalue weighted by Gasteiger charge is -2.22. The number of ether oxygens (including phenoxy) is 1. The molecule has 0 fully saturated rings. The standard InChI is InChI=1S/C11H20N2O3S/c1-11(2,3)16-10(15)13-9(7-14)8-17-6-4-5-12/h9,14H,4,6-8H2,1-3H3,(H,13,15)/t9-/m1/s1. The number of aliphatic hydroxyl groups excluding tert-OH is 1. The van der Waals surface area contributed by atoms with Gasteiger partial charge in [-0.1, -0.05) is 0 Å². The largest absolute Gasteiger partial charge is 0.444 e. The third-order valence-electron chi connectivity index (χ3n) is 1.62. The molecule has 0 aromatic rings. The van der Waals surface area contributed by atoms with E-state index in [2.05, 4.69) is 5.32 Å². The Balaban J connectivity index is 3.88. The van der Waals surface area contributed by atoms with Crippen LogP contribution in [0.25, 0.3) is 0 Å². The molecule has 1 amide bonds. The van der Waals surface area contributed by atoms with E-state index in [1.54, 1.807) is 20.8 Å². The van der Waals surface area contributed by atoms with Crippen LogP contribution in [-0.2, 0) is 4.74 Å². The third-order valence-corrected chi connectivity index (χ3v) is 2.75. The van der Waals surface area contributed by atoms with Gasteiger partial charge >= 0.3 is 6.09 Å². The van der Waals surface area contributed by atoms with Gasteiger partial charge in [0.15, 0.2) is 0 Å². The van der Waals surface area contributed by atoms with E-state index in [9.17, 15) is 4.79 Å². The van der Waals surface area contributed by atoms with Crippen molar-refractivity contribution < 1.29 is 14.6 Å². The molecule has 6 heteroatoms. The minimum absolute atomic E-state index is 0.140. The Labute approximate surface area is 107 Å². The fourth-order valence-corrected chi connectivity index (χ4v) is 1.83. The number of nitrogens with one attached hydrogen (secondary N) is 1. The van der Waals surface area contributed by atoms with Gasteiger partial charge in [0.2, 0.25) is 0 Å². The maximum atomic E-state index is 11.4. The summed E-state index contributed by atoms with van der Waals surface area (Å²) in [5, 5.41) is 20.0. The van der Waals surface area contributed by atoms with Crippen molar-refractivity contribution >= 4 is 17.9 Å². The number of nitriles is 1. The van der Waals surface area contributed by atoms with Crippen LogP contribution in [0.15, 0.2) is 0 Å². The smallest absolute Gasteiger partial charge is 0.407 e. The van der Waals surface area contributed by atoms with E-state index in [1.165, 1.54) is 11.8 Å². The first-order valence-electron chi connectivity index (χ1n) is 5.44. The average Bonchev–Trinajstić information content (AvgIpc) is 2.20. The van der Waals surface area contributed by atoms with Crippen molar-refractivity contribution in [3.05, 3.63) is 0 Å². The SMILES string of the molecule is CC(C)(C)OC(=O)N[C@H](CO)CSCCC#N. The number of amides is 1. The Bertz CT molecular complexity index is 271. The van der Waals surface area contributed by atoms with Crippen LogP contribution in [0.5, 0.6) is 0 Å². The van der Waals surface area contributed by atoms with E-state index in [0.717, 1.165) is 0 Å². The van der Waals surface area contributed by atoms with Crippen LogP contribution in [0.1, 0.15) is 27.2 Å². The summed E-state index contributed by atoms with van der Waals surface area (Å²) in [6.45, 7) is 5.20. The van der Waals surface area contributed by atoms with Crippen molar-refractivity contribution in [2.24, 2.45) is 0 Å². The van der Waals surface area contributed by atoms with E-state index in [1.807, 2.05) is 6.07 Å². The van der Waals surface area contributed by atoms with Crippen molar-refractivity contribution in [2.75, 3.05) is 18.1 Å². The van der Waals surface area contributed by atoms with E-state index in [4.69, 9.17) is 15.1 Å². The van der Waals surface area contributed by atoms with Gasteiger partial charge in [0.05, 0.1) is 18.7 Å². The zero-order valence-electron chi connectivity index (χ0n) is 10.5. The molecule has 0 aliphatic heterocycles. The van der Waals surface area contributed by atoms with E-state index in [0.29, 0.717) is 17.9 Å². The molecule has 0 rings (SSSR count). The Morgan fingerprint density at radius 2 is 2.24 bits per heavy atom. The first-order chi connectivity index (χ1) is 7.89. The van der Waals surface area contributed by atoms with E-state index in [-0.39, 0.29) is 12.6 Å². The van der Waals surface area contributed by atoms with Crippen molar-refractivity contribution in [3.8, 4) is 6.07 Å². The molecule has 17 heavy (non-hydrogen) atoms. The van der Waals surface area contributed by atoms with Crippen molar-refractivity contribution in [2.45, 2.75) is 38.8 Å². The van der Waals surface area contributed by atoms with Gasteiger partial charge in [-0.15, -0.1) is 0 Å². The summed E-state index contributed by atoms with van der Waals surface area (Å²) in [7, 11) is 0. The third kappa shape index (κ3) is 9.97. The summed E-state index contributed by atoms with van der Waals surface area (Å²) in [6, 6.07) is 1.70. The highest BCUT2D eigenvalue weighted by Gasteiger charge is 2.18. The van der Waals surface area contributed by atoms with Crippen molar-refractivity contribution in [3.63, 3.8) is 0 Å². The number of aliphatic hydroxyl groups is 1. The molecule has 0 aliphatic carbocycles. The highest BCUT2D eigenvalue weighted by Crippen LogP contribution is 2.08. The van der Waals surface area contributed by atoms with Gasteiger partial charge in [-0.25, -0.2) is 4.79 Å². The lowest BCUT2D eigenvalue weighted by Crippen LogP contribution is -2.42. The van der Waals surface area contributed by atoms with Crippen LogP contribution in [-0.4, -0.2) is 41.0 Å².